The van der Waals surface area contributed by atoms with Gasteiger partial charge in [0.1, 0.15) is 0 Å². The zero-order valence-electron chi connectivity index (χ0n) is 12.9. The van der Waals surface area contributed by atoms with E-state index in [2.05, 4.69) is 34.0 Å². The lowest BCUT2D eigenvalue weighted by Crippen LogP contribution is -2.19. The number of rotatable bonds is 12. The third kappa shape index (κ3) is 7.14. The summed E-state index contributed by atoms with van der Waals surface area (Å²) in [5.41, 5.74) is 0. The average molecular weight is 300 g/mol. The van der Waals surface area contributed by atoms with E-state index in [0.717, 1.165) is 25.9 Å². The van der Waals surface area contributed by atoms with E-state index >= 15 is 0 Å². The van der Waals surface area contributed by atoms with Gasteiger partial charge in [-0.25, -0.2) is 0 Å². The molecule has 1 unspecified atom stereocenters. The number of hydrogen-bond acceptors (Lipinski definition) is 6. The number of aromatic nitrogens is 2. The van der Waals surface area contributed by atoms with E-state index in [4.69, 9.17) is 4.42 Å². The van der Waals surface area contributed by atoms with Gasteiger partial charge in [-0.3, -0.25) is 0 Å². The van der Waals surface area contributed by atoms with Gasteiger partial charge in [-0.1, -0.05) is 24.9 Å². The summed E-state index contributed by atoms with van der Waals surface area (Å²) in [6.07, 6.45) is 8.27. The second-order valence-corrected chi connectivity index (χ2v) is 5.94. The molecule has 0 spiro atoms. The maximum absolute atomic E-state index is 5.59. The lowest BCUT2D eigenvalue weighted by atomic mass is 10.2. The quantitative estimate of drug-likeness (QED) is 0.576. The highest BCUT2D eigenvalue weighted by Gasteiger charge is 2.12. The molecule has 0 aliphatic rings. The molecule has 0 aliphatic carbocycles. The molecular formula is C14H28N4OS. The molecule has 1 heterocycles. The maximum atomic E-state index is 5.59. The molecule has 1 aromatic heterocycles. The number of nitrogens with zero attached hydrogens (tertiary/aromatic N) is 2. The molecule has 0 radical (unpaired) electrons. The summed E-state index contributed by atoms with van der Waals surface area (Å²) in [5.74, 6) is 1.92. The number of thioether (sulfide) groups is 1. The van der Waals surface area contributed by atoms with Crippen molar-refractivity contribution in [2.45, 2.75) is 52.0 Å². The number of unbranched alkanes of at least 4 members (excludes halogenated alkanes) is 3. The molecule has 1 atom stereocenters. The summed E-state index contributed by atoms with van der Waals surface area (Å²) in [7, 11) is 0. The van der Waals surface area contributed by atoms with E-state index in [1.54, 1.807) is 0 Å². The molecule has 0 aromatic carbocycles. The van der Waals surface area contributed by atoms with Crippen LogP contribution in [0.15, 0.2) is 4.42 Å². The summed E-state index contributed by atoms with van der Waals surface area (Å²) in [4.78, 5) is 0. The number of nitrogens with one attached hydrogen (secondary N) is 2. The molecule has 0 saturated heterocycles. The van der Waals surface area contributed by atoms with Gasteiger partial charge in [-0.2, -0.15) is 11.8 Å². The van der Waals surface area contributed by atoms with Crippen LogP contribution in [-0.2, 0) is 0 Å². The Morgan fingerprint density at radius 2 is 1.95 bits per heavy atom. The van der Waals surface area contributed by atoms with E-state index < -0.39 is 0 Å². The number of anilines is 1. The van der Waals surface area contributed by atoms with Crippen LogP contribution in [0.3, 0.4) is 0 Å². The van der Waals surface area contributed by atoms with Crippen LogP contribution in [0.25, 0.3) is 0 Å². The minimum atomic E-state index is 0.115. The van der Waals surface area contributed by atoms with E-state index in [1.807, 2.05) is 18.7 Å². The van der Waals surface area contributed by atoms with Crippen LogP contribution in [-0.4, -0.2) is 35.3 Å². The fourth-order valence-corrected chi connectivity index (χ4v) is 2.34. The van der Waals surface area contributed by atoms with Crippen LogP contribution in [0, 0.1) is 0 Å². The van der Waals surface area contributed by atoms with Crippen molar-refractivity contribution in [3.8, 4) is 0 Å². The lowest BCUT2D eigenvalue weighted by Gasteiger charge is -2.07. The summed E-state index contributed by atoms with van der Waals surface area (Å²) in [5, 5.41) is 14.6. The van der Waals surface area contributed by atoms with Crippen molar-refractivity contribution in [3.63, 3.8) is 0 Å². The van der Waals surface area contributed by atoms with Crippen molar-refractivity contribution in [2.75, 3.05) is 30.4 Å². The first-order valence-electron chi connectivity index (χ1n) is 7.57. The first kappa shape index (κ1) is 17.3. The SMILES string of the molecule is CCCNC(C)c1nnc(NCCCCCCSC)o1. The Kier molecular flexibility index (Phi) is 9.49. The predicted octanol–water partition coefficient (Wildman–Crippen LogP) is 3.47. The number of hydrogen-bond donors (Lipinski definition) is 2. The standard InChI is InChI=1S/C14H28N4OS/c1-4-9-15-12(2)13-17-18-14(19-13)16-10-7-5-6-8-11-20-3/h12,15H,4-11H2,1-3H3,(H,16,18). The highest BCUT2D eigenvalue weighted by atomic mass is 32.2. The summed E-state index contributed by atoms with van der Waals surface area (Å²) in [6, 6.07) is 0.652. The van der Waals surface area contributed by atoms with Crippen LogP contribution in [0.2, 0.25) is 0 Å². The molecule has 116 valence electrons. The first-order chi connectivity index (χ1) is 9.77. The molecule has 2 N–H and O–H groups in total. The largest absolute Gasteiger partial charge is 0.406 e. The van der Waals surface area contributed by atoms with Crippen molar-refractivity contribution in [3.05, 3.63) is 5.89 Å². The van der Waals surface area contributed by atoms with E-state index in [1.165, 1.54) is 25.0 Å². The van der Waals surface area contributed by atoms with Gasteiger partial charge in [-0.15, -0.1) is 5.10 Å². The van der Waals surface area contributed by atoms with Gasteiger partial charge in [0.15, 0.2) is 0 Å². The van der Waals surface area contributed by atoms with Crippen molar-refractivity contribution in [1.29, 1.82) is 0 Å². The first-order valence-corrected chi connectivity index (χ1v) is 8.97. The van der Waals surface area contributed by atoms with Crippen LogP contribution in [0.1, 0.15) is 57.9 Å². The Morgan fingerprint density at radius 1 is 1.15 bits per heavy atom. The smallest absolute Gasteiger partial charge is 0.315 e. The second-order valence-electron chi connectivity index (χ2n) is 4.96. The molecular weight excluding hydrogens is 272 g/mol. The minimum absolute atomic E-state index is 0.115. The highest BCUT2D eigenvalue weighted by Crippen LogP contribution is 2.13. The fourth-order valence-electron chi connectivity index (χ4n) is 1.85. The average Bonchev–Trinajstić information content (AvgIpc) is 2.92. The maximum Gasteiger partial charge on any atom is 0.315 e. The molecule has 0 saturated carbocycles. The van der Waals surface area contributed by atoms with E-state index in [-0.39, 0.29) is 6.04 Å². The molecule has 0 amide bonds. The van der Waals surface area contributed by atoms with Gasteiger partial charge in [0.25, 0.3) is 0 Å². The minimum Gasteiger partial charge on any atom is -0.406 e. The van der Waals surface area contributed by atoms with Crippen LogP contribution in [0.4, 0.5) is 6.01 Å². The normalized spacial score (nSPS) is 12.6. The molecule has 0 aliphatic heterocycles. The molecule has 6 heteroatoms. The van der Waals surface area contributed by atoms with Crippen molar-refractivity contribution >= 4 is 17.8 Å². The van der Waals surface area contributed by atoms with Gasteiger partial charge in [0.05, 0.1) is 6.04 Å². The third-order valence-corrected chi connectivity index (χ3v) is 3.76. The van der Waals surface area contributed by atoms with E-state index in [0.29, 0.717) is 11.9 Å². The summed E-state index contributed by atoms with van der Waals surface area (Å²) in [6.45, 7) is 6.04. The molecule has 5 nitrogen and oxygen atoms in total. The van der Waals surface area contributed by atoms with Crippen molar-refractivity contribution in [2.24, 2.45) is 0 Å². The summed E-state index contributed by atoms with van der Waals surface area (Å²) >= 11 is 1.92. The van der Waals surface area contributed by atoms with Gasteiger partial charge in [0.2, 0.25) is 5.89 Å². The Bertz CT molecular complexity index is 346. The lowest BCUT2D eigenvalue weighted by molar-refractivity contribution is 0.423. The van der Waals surface area contributed by atoms with E-state index in [9.17, 15) is 0 Å². The fraction of sp³-hybridized carbons (Fsp3) is 0.857. The van der Waals surface area contributed by atoms with Gasteiger partial charge >= 0.3 is 6.01 Å². The second kappa shape index (κ2) is 11.0. The molecule has 0 fully saturated rings. The zero-order valence-corrected chi connectivity index (χ0v) is 13.8. The molecule has 20 heavy (non-hydrogen) atoms. The van der Waals surface area contributed by atoms with Crippen molar-refractivity contribution in [1.82, 2.24) is 15.5 Å². The summed E-state index contributed by atoms with van der Waals surface area (Å²) < 4.78 is 5.59. The Hall–Kier alpha value is -0.750. The monoisotopic (exact) mass is 300 g/mol. The Balaban J connectivity index is 2.13. The highest BCUT2D eigenvalue weighted by molar-refractivity contribution is 7.98. The van der Waals surface area contributed by atoms with Gasteiger partial charge < -0.3 is 15.1 Å². The zero-order chi connectivity index (χ0) is 14.6. The van der Waals surface area contributed by atoms with Crippen molar-refractivity contribution < 1.29 is 4.42 Å². The third-order valence-electron chi connectivity index (χ3n) is 3.06. The van der Waals surface area contributed by atoms with Crippen LogP contribution >= 0.6 is 11.8 Å². The van der Waals surface area contributed by atoms with Crippen LogP contribution in [0.5, 0.6) is 0 Å². The molecule has 1 rings (SSSR count). The Morgan fingerprint density at radius 3 is 2.70 bits per heavy atom. The van der Waals surface area contributed by atoms with Gasteiger partial charge in [-0.05, 0) is 44.7 Å². The Labute approximate surface area is 126 Å². The molecule has 1 aromatic rings. The molecule has 0 bridgehead atoms. The van der Waals surface area contributed by atoms with Gasteiger partial charge in [0, 0.05) is 6.54 Å². The topological polar surface area (TPSA) is 63.0 Å². The predicted molar refractivity (Wildman–Crippen MR) is 86.3 cm³/mol. The van der Waals surface area contributed by atoms with Crippen LogP contribution < -0.4 is 10.6 Å².